The largest absolute Gasteiger partial charge is 0.419 e. The molecule has 0 aliphatic heterocycles. The number of alkyl halides is 6. The van der Waals surface area contributed by atoms with Crippen molar-refractivity contribution in [3.63, 3.8) is 0 Å². The summed E-state index contributed by atoms with van der Waals surface area (Å²) in [5.74, 6) is 5.60. The average Bonchev–Trinajstić information content (AvgIpc) is 3.67. The summed E-state index contributed by atoms with van der Waals surface area (Å²) < 4.78 is 86.2. The van der Waals surface area contributed by atoms with Crippen LogP contribution in [0.1, 0.15) is 67.7 Å². The lowest BCUT2D eigenvalue weighted by Crippen LogP contribution is -2.41. The molecule has 1 N–H and O–H groups in total. The molecule has 1 amide bonds. The Labute approximate surface area is 232 Å². The van der Waals surface area contributed by atoms with Gasteiger partial charge in [0.2, 0.25) is 5.91 Å². The quantitative estimate of drug-likeness (QED) is 0.219. The summed E-state index contributed by atoms with van der Waals surface area (Å²) in [5, 5.41) is 2.62. The Morgan fingerprint density at radius 1 is 1.00 bits per heavy atom. The summed E-state index contributed by atoms with van der Waals surface area (Å²) in [5.41, 5.74) is -2.11. The molecule has 1 heterocycles. The Bertz CT molecular complexity index is 1500. The van der Waals surface area contributed by atoms with Crippen molar-refractivity contribution in [2.45, 2.75) is 70.8 Å². The first kappa shape index (κ1) is 30.3. The second-order valence-electron chi connectivity index (χ2n) is 10.7. The average molecular weight is 581 g/mol. The number of carbonyl (C=O) groups excluding carboxylic acids is 1. The maximum Gasteiger partial charge on any atom is 0.419 e. The number of oxazole rings is 1. The van der Waals surface area contributed by atoms with Crippen LogP contribution in [0.15, 0.2) is 45.6 Å². The topological polar surface area (TPSA) is 64.2 Å². The van der Waals surface area contributed by atoms with Gasteiger partial charge in [-0.1, -0.05) is 38.2 Å². The first-order chi connectivity index (χ1) is 19.2. The first-order valence-electron chi connectivity index (χ1n) is 13.3. The van der Waals surface area contributed by atoms with Gasteiger partial charge in [-0.05, 0) is 60.2 Å². The Balaban J connectivity index is 1.53. The molecule has 0 radical (unpaired) electrons. The van der Waals surface area contributed by atoms with Crippen LogP contribution in [0, 0.1) is 23.2 Å². The number of fused-ring (bicyclic) bond motifs is 1. The van der Waals surface area contributed by atoms with Gasteiger partial charge in [0.05, 0.1) is 22.1 Å². The van der Waals surface area contributed by atoms with Crippen molar-refractivity contribution in [3.8, 4) is 11.8 Å². The fourth-order valence-electron chi connectivity index (χ4n) is 5.07. The van der Waals surface area contributed by atoms with Crippen LogP contribution in [0.3, 0.4) is 0 Å². The molecule has 1 fully saturated rings. The molecule has 0 saturated heterocycles. The van der Waals surface area contributed by atoms with E-state index >= 15 is 0 Å². The van der Waals surface area contributed by atoms with E-state index in [2.05, 4.69) is 17.2 Å². The number of benzene rings is 2. The molecule has 1 aromatic heterocycles. The van der Waals surface area contributed by atoms with Gasteiger partial charge in [-0.15, -0.1) is 5.92 Å². The molecule has 1 unspecified atom stereocenters. The molecule has 41 heavy (non-hydrogen) atoms. The lowest BCUT2D eigenvalue weighted by atomic mass is 9.75. The number of carbonyl (C=O) groups is 1. The monoisotopic (exact) mass is 580 g/mol. The van der Waals surface area contributed by atoms with Crippen LogP contribution < -0.4 is 11.1 Å². The fraction of sp³-hybridized carbons (Fsp3) is 0.467. The van der Waals surface area contributed by atoms with Gasteiger partial charge in [0.15, 0.2) is 5.58 Å². The second-order valence-corrected chi connectivity index (χ2v) is 10.7. The minimum atomic E-state index is -4.97. The molecular formula is C30H30F6N2O3. The molecule has 5 nitrogen and oxygen atoms in total. The predicted octanol–water partition coefficient (Wildman–Crippen LogP) is 7.01. The standard InChI is InChI=1S/C30H30F6N2O3/c1-3-11-28(17-20-7-8-20,12-5-4-6-19-9-10-25-24(15-19)38(2)27(40)41-25)26(39)37-18-21-13-22(29(31,32)33)16-23(14-21)30(34,35)36/h9-10,13-16,20H,3,6-8,11-12,17-18H2,1-2H3,(H,37,39). The van der Waals surface area contributed by atoms with E-state index in [1.807, 2.05) is 6.92 Å². The van der Waals surface area contributed by atoms with E-state index < -0.39 is 47.1 Å². The normalized spacial score (nSPS) is 15.3. The van der Waals surface area contributed by atoms with E-state index in [-0.39, 0.29) is 18.1 Å². The number of rotatable bonds is 9. The number of amides is 1. The van der Waals surface area contributed by atoms with E-state index in [0.29, 0.717) is 54.8 Å². The Hall–Kier alpha value is -3.68. The number of hydrogen-bond donors (Lipinski definition) is 1. The van der Waals surface area contributed by atoms with Gasteiger partial charge in [0.1, 0.15) is 0 Å². The van der Waals surface area contributed by atoms with Gasteiger partial charge in [-0.2, -0.15) is 26.3 Å². The summed E-state index contributed by atoms with van der Waals surface area (Å²) in [4.78, 5) is 25.3. The van der Waals surface area contributed by atoms with Gasteiger partial charge in [0.25, 0.3) is 0 Å². The Kier molecular flexibility index (Phi) is 8.62. The van der Waals surface area contributed by atoms with Gasteiger partial charge in [0, 0.05) is 26.4 Å². The van der Waals surface area contributed by atoms with Crippen LogP contribution in [0.2, 0.25) is 0 Å². The van der Waals surface area contributed by atoms with E-state index in [4.69, 9.17) is 4.42 Å². The summed E-state index contributed by atoms with van der Waals surface area (Å²) >= 11 is 0. The number of aryl methyl sites for hydroxylation is 1. The van der Waals surface area contributed by atoms with Crippen LogP contribution >= 0.6 is 0 Å². The highest BCUT2D eigenvalue weighted by Crippen LogP contribution is 2.45. The predicted molar refractivity (Wildman–Crippen MR) is 141 cm³/mol. The Morgan fingerprint density at radius 3 is 2.24 bits per heavy atom. The maximum atomic E-state index is 13.5. The van der Waals surface area contributed by atoms with Crippen LogP contribution in [0.25, 0.3) is 11.1 Å². The van der Waals surface area contributed by atoms with E-state index in [0.717, 1.165) is 18.4 Å². The first-order valence-corrected chi connectivity index (χ1v) is 13.3. The number of nitrogens with one attached hydrogen (secondary N) is 1. The molecule has 0 spiro atoms. The molecule has 11 heteroatoms. The Morgan fingerprint density at radius 2 is 1.66 bits per heavy atom. The van der Waals surface area contributed by atoms with Crippen molar-refractivity contribution >= 4 is 17.0 Å². The van der Waals surface area contributed by atoms with Crippen molar-refractivity contribution in [2.24, 2.45) is 18.4 Å². The molecule has 1 aliphatic carbocycles. The molecule has 2 aromatic carbocycles. The zero-order valence-corrected chi connectivity index (χ0v) is 22.6. The third kappa shape index (κ3) is 7.34. The van der Waals surface area contributed by atoms with Crippen molar-refractivity contribution in [1.29, 1.82) is 0 Å². The minimum absolute atomic E-state index is 0.0688. The molecule has 4 rings (SSSR count). The zero-order valence-electron chi connectivity index (χ0n) is 22.6. The summed E-state index contributed by atoms with van der Waals surface area (Å²) in [6.45, 7) is 1.44. The highest BCUT2D eigenvalue weighted by atomic mass is 19.4. The van der Waals surface area contributed by atoms with Crippen molar-refractivity contribution in [1.82, 2.24) is 9.88 Å². The van der Waals surface area contributed by atoms with Crippen molar-refractivity contribution in [2.75, 3.05) is 0 Å². The molecule has 1 aliphatic rings. The van der Waals surface area contributed by atoms with Gasteiger partial charge in [-0.25, -0.2) is 4.79 Å². The zero-order chi connectivity index (χ0) is 30.0. The maximum absolute atomic E-state index is 13.5. The fourth-order valence-corrected chi connectivity index (χ4v) is 5.07. The van der Waals surface area contributed by atoms with Crippen LogP contribution in [-0.2, 0) is 37.2 Å². The third-order valence-corrected chi connectivity index (χ3v) is 7.39. The number of nitrogens with zero attached hydrogens (tertiary/aromatic N) is 1. The number of halogens is 6. The van der Waals surface area contributed by atoms with Crippen molar-refractivity contribution < 1.29 is 35.6 Å². The molecule has 220 valence electrons. The smallest absolute Gasteiger partial charge is 0.408 e. The van der Waals surface area contributed by atoms with E-state index in [1.54, 1.807) is 25.2 Å². The number of hydrogen-bond acceptors (Lipinski definition) is 3. The van der Waals surface area contributed by atoms with Crippen molar-refractivity contribution in [3.05, 3.63) is 69.2 Å². The summed E-state index contributed by atoms with van der Waals surface area (Å²) in [7, 11) is 1.60. The molecular weight excluding hydrogens is 550 g/mol. The molecule has 1 saturated carbocycles. The molecule has 3 aromatic rings. The lowest BCUT2D eigenvalue weighted by molar-refractivity contribution is -0.143. The summed E-state index contributed by atoms with van der Waals surface area (Å²) in [6, 6.07) is 6.61. The second kappa shape index (κ2) is 11.7. The highest BCUT2D eigenvalue weighted by molar-refractivity contribution is 5.83. The summed E-state index contributed by atoms with van der Waals surface area (Å²) in [6.07, 6.45) is -5.80. The molecule has 1 atom stereocenters. The van der Waals surface area contributed by atoms with Gasteiger partial charge in [-0.3, -0.25) is 9.36 Å². The highest BCUT2D eigenvalue weighted by Gasteiger charge is 2.42. The number of aromatic nitrogens is 1. The van der Waals surface area contributed by atoms with Crippen LogP contribution in [0.4, 0.5) is 26.3 Å². The lowest BCUT2D eigenvalue weighted by Gasteiger charge is -2.31. The molecule has 0 bridgehead atoms. The van der Waals surface area contributed by atoms with Crippen LogP contribution in [-0.4, -0.2) is 10.5 Å². The van der Waals surface area contributed by atoms with Crippen LogP contribution in [0.5, 0.6) is 0 Å². The van der Waals surface area contributed by atoms with E-state index in [9.17, 15) is 35.9 Å². The van der Waals surface area contributed by atoms with E-state index in [1.165, 1.54) is 4.57 Å². The third-order valence-electron chi connectivity index (χ3n) is 7.39. The minimum Gasteiger partial charge on any atom is -0.408 e. The van der Waals surface area contributed by atoms with Gasteiger partial charge < -0.3 is 9.73 Å². The van der Waals surface area contributed by atoms with Gasteiger partial charge >= 0.3 is 18.1 Å². The SMILES string of the molecule is CCCC(CC#CCc1ccc2oc(=O)n(C)c2c1)(CC1CC1)C(=O)NCc1cc(C(F)(F)F)cc(C(F)(F)F)c1.